The maximum absolute atomic E-state index is 9.91. The third kappa shape index (κ3) is 7.94. The molecule has 1 unspecified atom stereocenters. The van der Waals surface area contributed by atoms with Gasteiger partial charge in [0.1, 0.15) is 0 Å². The standard InChI is InChI=1S/C19H39NO2/c1-4-5-6-7-8-9-12-22-18-10-11-19(2,3)14-16(18)13-17(21)15-20/h16-18,21H,4-15,20H2,1-3H3/t16-,17?,18+/m1/s1. The smallest absolute Gasteiger partial charge is 0.0666 e. The lowest BCUT2D eigenvalue weighted by Gasteiger charge is -2.41. The summed E-state index contributed by atoms with van der Waals surface area (Å²) in [5.74, 6) is 0.461. The Kier molecular flexibility index (Phi) is 9.62. The second kappa shape index (κ2) is 10.6. The molecule has 3 N–H and O–H groups in total. The van der Waals surface area contributed by atoms with Crippen LogP contribution in [0.5, 0.6) is 0 Å². The van der Waals surface area contributed by atoms with Gasteiger partial charge in [-0.2, -0.15) is 0 Å². The first-order chi connectivity index (χ1) is 10.5. The number of hydrogen-bond acceptors (Lipinski definition) is 3. The van der Waals surface area contributed by atoms with Crippen molar-refractivity contribution in [2.45, 2.75) is 97.2 Å². The minimum atomic E-state index is -0.376. The molecule has 0 saturated heterocycles. The van der Waals surface area contributed by atoms with Crippen LogP contribution in [0.4, 0.5) is 0 Å². The molecule has 0 aromatic heterocycles. The first kappa shape index (κ1) is 19.9. The molecular weight excluding hydrogens is 274 g/mol. The molecule has 0 aliphatic heterocycles. The zero-order chi connectivity index (χ0) is 16.4. The minimum Gasteiger partial charge on any atom is -0.392 e. The third-order valence-electron chi connectivity index (χ3n) is 5.12. The number of nitrogens with two attached hydrogens (primary N) is 1. The predicted octanol–water partition coefficient (Wildman–Crippen LogP) is 4.27. The van der Waals surface area contributed by atoms with Gasteiger partial charge in [-0.15, -0.1) is 0 Å². The highest BCUT2D eigenvalue weighted by atomic mass is 16.5. The van der Waals surface area contributed by atoms with Crippen LogP contribution in [-0.2, 0) is 4.74 Å². The Morgan fingerprint density at radius 1 is 1.18 bits per heavy atom. The highest BCUT2D eigenvalue weighted by Crippen LogP contribution is 2.41. The summed E-state index contributed by atoms with van der Waals surface area (Å²) < 4.78 is 6.19. The molecule has 0 spiro atoms. The predicted molar refractivity (Wildman–Crippen MR) is 93.9 cm³/mol. The lowest BCUT2D eigenvalue weighted by Crippen LogP contribution is -2.38. The highest BCUT2D eigenvalue weighted by Gasteiger charge is 2.36. The van der Waals surface area contributed by atoms with Crippen molar-refractivity contribution in [2.75, 3.05) is 13.2 Å². The van der Waals surface area contributed by atoms with Crippen molar-refractivity contribution in [1.82, 2.24) is 0 Å². The first-order valence-electron chi connectivity index (χ1n) is 9.48. The van der Waals surface area contributed by atoms with E-state index in [0.29, 0.717) is 24.0 Å². The largest absolute Gasteiger partial charge is 0.392 e. The molecule has 3 atom stereocenters. The van der Waals surface area contributed by atoms with Gasteiger partial charge in [0.15, 0.2) is 0 Å². The van der Waals surface area contributed by atoms with Gasteiger partial charge in [0.2, 0.25) is 0 Å². The van der Waals surface area contributed by atoms with Crippen LogP contribution in [0.25, 0.3) is 0 Å². The van der Waals surface area contributed by atoms with Crippen LogP contribution in [-0.4, -0.2) is 30.5 Å². The number of hydrogen-bond donors (Lipinski definition) is 2. The molecule has 1 aliphatic carbocycles. The Bertz CT molecular complexity index is 281. The van der Waals surface area contributed by atoms with Crippen molar-refractivity contribution < 1.29 is 9.84 Å². The fraction of sp³-hybridized carbons (Fsp3) is 1.00. The zero-order valence-corrected chi connectivity index (χ0v) is 15.2. The van der Waals surface area contributed by atoms with Crippen molar-refractivity contribution >= 4 is 0 Å². The molecule has 1 saturated carbocycles. The molecule has 0 aromatic rings. The second-order valence-corrected chi connectivity index (χ2v) is 7.97. The third-order valence-corrected chi connectivity index (χ3v) is 5.12. The van der Waals surface area contributed by atoms with Crippen molar-refractivity contribution in [3.05, 3.63) is 0 Å². The van der Waals surface area contributed by atoms with Crippen LogP contribution >= 0.6 is 0 Å². The molecule has 1 aliphatic rings. The fourth-order valence-electron chi connectivity index (χ4n) is 3.73. The monoisotopic (exact) mass is 313 g/mol. The SMILES string of the molecule is CCCCCCCCO[C@H]1CCC(C)(C)C[C@H]1CC(O)CN. The Morgan fingerprint density at radius 3 is 2.55 bits per heavy atom. The molecule has 22 heavy (non-hydrogen) atoms. The van der Waals surface area contributed by atoms with Crippen LogP contribution in [0, 0.1) is 11.3 Å². The van der Waals surface area contributed by atoms with Gasteiger partial charge < -0.3 is 15.6 Å². The van der Waals surface area contributed by atoms with Gasteiger partial charge in [0.05, 0.1) is 12.2 Å². The van der Waals surface area contributed by atoms with Gasteiger partial charge in [0, 0.05) is 13.2 Å². The summed E-state index contributed by atoms with van der Waals surface area (Å²) in [6.07, 6.45) is 12.1. The van der Waals surface area contributed by atoms with E-state index in [0.717, 1.165) is 25.9 Å². The molecule has 0 amide bonds. The molecule has 0 radical (unpaired) electrons. The molecule has 132 valence electrons. The van der Waals surface area contributed by atoms with Gasteiger partial charge >= 0.3 is 0 Å². The molecule has 0 bridgehead atoms. The maximum atomic E-state index is 9.91. The van der Waals surface area contributed by atoms with E-state index < -0.39 is 0 Å². The summed E-state index contributed by atoms with van der Waals surface area (Å²) in [5, 5.41) is 9.91. The second-order valence-electron chi connectivity index (χ2n) is 7.97. The molecule has 1 fully saturated rings. The summed E-state index contributed by atoms with van der Waals surface area (Å²) in [6.45, 7) is 8.16. The number of ether oxygens (including phenoxy) is 1. The molecule has 3 heteroatoms. The number of unbranched alkanes of at least 4 members (excludes halogenated alkanes) is 5. The Labute approximate surface area is 138 Å². The summed E-state index contributed by atoms with van der Waals surface area (Å²) in [6, 6.07) is 0. The number of aliphatic hydroxyl groups excluding tert-OH is 1. The van der Waals surface area contributed by atoms with E-state index in [2.05, 4.69) is 20.8 Å². The number of aliphatic hydroxyl groups is 1. The van der Waals surface area contributed by atoms with E-state index >= 15 is 0 Å². The van der Waals surface area contributed by atoms with Gasteiger partial charge in [0.25, 0.3) is 0 Å². The quantitative estimate of drug-likeness (QED) is 0.560. The minimum absolute atomic E-state index is 0.324. The van der Waals surface area contributed by atoms with Crippen LogP contribution in [0.15, 0.2) is 0 Å². The fourth-order valence-corrected chi connectivity index (χ4v) is 3.73. The molecular formula is C19H39NO2. The van der Waals surface area contributed by atoms with Gasteiger partial charge in [-0.05, 0) is 43.4 Å². The van der Waals surface area contributed by atoms with Crippen LogP contribution in [0.1, 0.15) is 85.0 Å². The van der Waals surface area contributed by atoms with Crippen LogP contribution in [0.2, 0.25) is 0 Å². The van der Waals surface area contributed by atoms with Crippen molar-refractivity contribution in [2.24, 2.45) is 17.1 Å². The average Bonchev–Trinajstić information content (AvgIpc) is 2.47. The summed E-state index contributed by atoms with van der Waals surface area (Å²) in [7, 11) is 0. The topological polar surface area (TPSA) is 55.5 Å². The van der Waals surface area contributed by atoms with Gasteiger partial charge in [-0.3, -0.25) is 0 Å². The Balaban J connectivity index is 2.29. The Hall–Kier alpha value is -0.120. The van der Waals surface area contributed by atoms with E-state index in [1.807, 2.05) is 0 Å². The van der Waals surface area contributed by atoms with E-state index in [1.54, 1.807) is 0 Å². The van der Waals surface area contributed by atoms with E-state index in [4.69, 9.17) is 10.5 Å². The van der Waals surface area contributed by atoms with Gasteiger partial charge in [-0.1, -0.05) is 52.9 Å². The summed E-state index contributed by atoms with van der Waals surface area (Å²) in [5.41, 5.74) is 5.97. The highest BCUT2D eigenvalue weighted by molar-refractivity contribution is 4.87. The van der Waals surface area contributed by atoms with E-state index in [-0.39, 0.29) is 6.10 Å². The van der Waals surface area contributed by atoms with Crippen LogP contribution < -0.4 is 5.73 Å². The Morgan fingerprint density at radius 2 is 1.86 bits per heavy atom. The van der Waals surface area contributed by atoms with Gasteiger partial charge in [-0.25, -0.2) is 0 Å². The van der Waals surface area contributed by atoms with Crippen molar-refractivity contribution in [3.8, 4) is 0 Å². The molecule has 0 aromatic carbocycles. The normalized spacial score (nSPS) is 26.0. The average molecular weight is 314 g/mol. The van der Waals surface area contributed by atoms with E-state index in [9.17, 15) is 5.11 Å². The molecule has 0 heterocycles. The lowest BCUT2D eigenvalue weighted by atomic mass is 9.69. The molecule has 1 rings (SSSR count). The zero-order valence-electron chi connectivity index (χ0n) is 15.2. The van der Waals surface area contributed by atoms with Crippen molar-refractivity contribution in [1.29, 1.82) is 0 Å². The van der Waals surface area contributed by atoms with Crippen molar-refractivity contribution in [3.63, 3.8) is 0 Å². The lowest BCUT2D eigenvalue weighted by molar-refractivity contribution is -0.0528. The maximum Gasteiger partial charge on any atom is 0.0666 e. The number of rotatable bonds is 11. The van der Waals surface area contributed by atoms with Crippen LogP contribution in [0.3, 0.4) is 0 Å². The summed E-state index contributed by atoms with van der Waals surface area (Å²) in [4.78, 5) is 0. The molecule has 3 nitrogen and oxygen atoms in total. The van der Waals surface area contributed by atoms with E-state index in [1.165, 1.54) is 44.9 Å². The summed E-state index contributed by atoms with van der Waals surface area (Å²) >= 11 is 0. The first-order valence-corrected chi connectivity index (χ1v) is 9.48.